The topological polar surface area (TPSA) is 26.0 Å². The normalized spacial score (nSPS) is 11.8. The molecule has 0 aliphatic rings. The summed E-state index contributed by atoms with van der Waals surface area (Å²) >= 11 is 0. The van der Waals surface area contributed by atoms with Crippen molar-refractivity contribution in [2.75, 3.05) is 0 Å². The Kier molecular flexibility index (Phi) is 6.89. The first kappa shape index (κ1) is 21.9. The van der Waals surface area contributed by atoms with Crippen molar-refractivity contribution in [3.8, 4) is 11.1 Å². The van der Waals surface area contributed by atoms with Crippen LogP contribution in [0.1, 0.15) is 41.7 Å². The van der Waals surface area contributed by atoms with E-state index < -0.39 is 0 Å². The molecule has 0 radical (unpaired) electrons. The predicted octanol–water partition coefficient (Wildman–Crippen LogP) is 8.08. The zero-order chi connectivity index (χ0) is 22.4. The maximum atomic E-state index is 6.44. The van der Waals surface area contributed by atoms with Gasteiger partial charge in [-0.2, -0.15) is 0 Å². The first-order valence-electron chi connectivity index (χ1n) is 10.4. The van der Waals surface area contributed by atoms with E-state index in [4.69, 9.17) is 5.73 Å². The molecule has 0 aliphatic carbocycles. The quantitative estimate of drug-likeness (QED) is 0.396. The minimum atomic E-state index is 0.714. The van der Waals surface area contributed by atoms with Crippen molar-refractivity contribution in [2.24, 2.45) is 5.73 Å². The highest BCUT2D eigenvalue weighted by molar-refractivity contribution is 5.84. The standard InChI is InChI=1S/C30H29N/c1-6-22-9-18-29(19-23(22)7-2)30(31)20-24(8-3)26-14-16-28(17-15-26)27-12-10-25(11-13-27)21(4)5/h6-20H,1-2,4,31H2,3,5H3/b24-8+,30-20-. The Morgan fingerprint density at radius 3 is 1.74 bits per heavy atom. The van der Waals surface area contributed by atoms with Gasteiger partial charge in [0.15, 0.2) is 0 Å². The number of allylic oxidation sites excluding steroid dienone is 4. The van der Waals surface area contributed by atoms with E-state index in [1.165, 1.54) is 11.1 Å². The summed E-state index contributed by atoms with van der Waals surface area (Å²) in [7, 11) is 0. The van der Waals surface area contributed by atoms with E-state index in [1.54, 1.807) is 0 Å². The highest BCUT2D eigenvalue weighted by Crippen LogP contribution is 2.26. The fourth-order valence-corrected chi connectivity index (χ4v) is 3.50. The van der Waals surface area contributed by atoms with Gasteiger partial charge in [-0.15, -0.1) is 0 Å². The molecule has 0 saturated heterocycles. The maximum absolute atomic E-state index is 6.44. The van der Waals surface area contributed by atoms with Crippen LogP contribution < -0.4 is 5.73 Å². The lowest BCUT2D eigenvalue weighted by Gasteiger charge is -2.10. The van der Waals surface area contributed by atoms with Gasteiger partial charge >= 0.3 is 0 Å². The summed E-state index contributed by atoms with van der Waals surface area (Å²) < 4.78 is 0. The van der Waals surface area contributed by atoms with E-state index in [0.717, 1.165) is 39.0 Å². The molecule has 1 nitrogen and oxygen atoms in total. The molecule has 0 bridgehead atoms. The van der Waals surface area contributed by atoms with E-state index in [2.05, 4.69) is 74.3 Å². The summed E-state index contributed by atoms with van der Waals surface area (Å²) in [6.45, 7) is 15.8. The molecule has 3 aromatic rings. The molecule has 0 atom stereocenters. The van der Waals surface area contributed by atoms with Crippen molar-refractivity contribution in [1.82, 2.24) is 0 Å². The molecule has 2 N–H and O–H groups in total. The zero-order valence-corrected chi connectivity index (χ0v) is 18.4. The van der Waals surface area contributed by atoms with Gasteiger partial charge in [-0.3, -0.25) is 0 Å². The van der Waals surface area contributed by atoms with Gasteiger partial charge in [-0.1, -0.05) is 104 Å². The van der Waals surface area contributed by atoms with Crippen LogP contribution in [0, 0.1) is 0 Å². The van der Waals surface area contributed by atoms with Gasteiger partial charge in [0.1, 0.15) is 0 Å². The lowest BCUT2D eigenvalue weighted by molar-refractivity contribution is 1.48. The third kappa shape index (κ3) is 5.02. The summed E-state index contributed by atoms with van der Waals surface area (Å²) in [5.41, 5.74) is 17.0. The second kappa shape index (κ2) is 9.77. The molecular weight excluding hydrogens is 374 g/mol. The van der Waals surface area contributed by atoms with Crippen molar-refractivity contribution < 1.29 is 0 Å². The Morgan fingerprint density at radius 1 is 0.742 bits per heavy atom. The van der Waals surface area contributed by atoms with E-state index >= 15 is 0 Å². The summed E-state index contributed by atoms with van der Waals surface area (Å²) in [6.07, 6.45) is 7.75. The zero-order valence-electron chi connectivity index (χ0n) is 18.4. The summed E-state index contributed by atoms with van der Waals surface area (Å²) in [4.78, 5) is 0. The molecule has 1 heteroatoms. The van der Waals surface area contributed by atoms with E-state index in [9.17, 15) is 0 Å². The van der Waals surface area contributed by atoms with Crippen molar-refractivity contribution >= 4 is 29.0 Å². The van der Waals surface area contributed by atoms with Gasteiger partial charge in [-0.25, -0.2) is 0 Å². The van der Waals surface area contributed by atoms with Crippen molar-refractivity contribution in [2.45, 2.75) is 13.8 Å². The van der Waals surface area contributed by atoms with Crippen molar-refractivity contribution in [3.63, 3.8) is 0 Å². The minimum absolute atomic E-state index is 0.714. The number of rotatable bonds is 7. The molecule has 3 aromatic carbocycles. The van der Waals surface area contributed by atoms with Crippen LogP contribution in [0.25, 0.3) is 40.1 Å². The van der Waals surface area contributed by atoms with Crippen molar-refractivity contribution in [1.29, 1.82) is 0 Å². The monoisotopic (exact) mass is 403 g/mol. The number of hydrogen-bond acceptors (Lipinski definition) is 1. The first-order valence-corrected chi connectivity index (χ1v) is 10.4. The van der Waals surface area contributed by atoms with Crippen LogP contribution in [0.15, 0.2) is 98.6 Å². The van der Waals surface area contributed by atoms with E-state index in [-0.39, 0.29) is 0 Å². The molecular formula is C30H29N. The molecule has 31 heavy (non-hydrogen) atoms. The fraction of sp³-hybridized carbons (Fsp3) is 0.0667. The van der Waals surface area contributed by atoms with Crippen LogP contribution in [-0.2, 0) is 0 Å². The van der Waals surface area contributed by atoms with Crippen molar-refractivity contribution in [3.05, 3.63) is 126 Å². The number of benzene rings is 3. The third-order valence-electron chi connectivity index (χ3n) is 5.41. The van der Waals surface area contributed by atoms with Gasteiger partial charge in [0.2, 0.25) is 0 Å². The largest absolute Gasteiger partial charge is 0.398 e. The summed E-state index contributed by atoms with van der Waals surface area (Å²) in [6, 6.07) is 23.1. The highest BCUT2D eigenvalue weighted by Gasteiger charge is 2.05. The average molecular weight is 404 g/mol. The second-order valence-electron chi connectivity index (χ2n) is 7.53. The first-order chi connectivity index (χ1) is 15.0. The average Bonchev–Trinajstić information content (AvgIpc) is 2.82. The summed E-state index contributed by atoms with van der Waals surface area (Å²) in [5, 5.41) is 0. The molecule has 0 amide bonds. The molecule has 0 heterocycles. The lowest BCUT2D eigenvalue weighted by atomic mass is 9.97. The Labute approximate surface area is 186 Å². The second-order valence-corrected chi connectivity index (χ2v) is 7.53. The van der Waals surface area contributed by atoms with Gasteiger partial charge in [-0.05, 0) is 70.5 Å². The Bertz CT molecular complexity index is 1170. The van der Waals surface area contributed by atoms with Gasteiger partial charge < -0.3 is 5.73 Å². The van der Waals surface area contributed by atoms with Crippen LogP contribution in [0.2, 0.25) is 0 Å². The molecule has 0 unspecified atom stereocenters. The van der Waals surface area contributed by atoms with Crippen LogP contribution in [0.5, 0.6) is 0 Å². The highest BCUT2D eigenvalue weighted by atomic mass is 14.6. The third-order valence-corrected chi connectivity index (χ3v) is 5.41. The van der Waals surface area contributed by atoms with Crippen LogP contribution >= 0.6 is 0 Å². The fourth-order valence-electron chi connectivity index (χ4n) is 3.50. The van der Waals surface area contributed by atoms with E-state index in [0.29, 0.717) is 5.70 Å². The Hall–Kier alpha value is -3.84. The molecule has 0 saturated carbocycles. The molecule has 0 spiro atoms. The summed E-state index contributed by atoms with van der Waals surface area (Å²) in [5.74, 6) is 0. The van der Waals surface area contributed by atoms with Gasteiger partial charge in [0, 0.05) is 5.70 Å². The molecule has 0 aliphatic heterocycles. The molecule has 3 rings (SSSR count). The number of nitrogens with two attached hydrogens (primary N) is 1. The predicted molar refractivity (Wildman–Crippen MR) is 139 cm³/mol. The molecule has 154 valence electrons. The minimum Gasteiger partial charge on any atom is -0.398 e. The Balaban J connectivity index is 1.86. The lowest BCUT2D eigenvalue weighted by Crippen LogP contribution is -1.98. The number of hydrogen-bond donors (Lipinski definition) is 1. The van der Waals surface area contributed by atoms with Gasteiger partial charge in [0.05, 0.1) is 0 Å². The van der Waals surface area contributed by atoms with Crippen LogP contribution in [0.3, 0.4) is 0 Å². The van der Waals surface area contributed by atoms with Crippen LogP contribution in [0.4, 0.5) is 0 Å². The maximum Gasteiger partial charge on any atom is 0.0393 e. The Morgan fingerprint density at radius 2 is 1.26 bits per heavy atom. The SMILES string of the molecule is C=Cc1ccc(/C(N)=C/C(=C\C)c2ccc(-c3ccc(C(=C)C)cc3)cc2)cc1C=C. The van der Waals surface area contributed by atoms with Crippen LogP contribution in [-0.4, -0.2) is 0 Å². The van der Waals surface area contributed by atoms with E-state index in [1.807, 2.05) is 50.3 Å². The van der Waals surface area contributed by atoms with Gasteiger partial charge in [0.25, 0.3) is 0 Å². The molecule has 0 aromatic heterocycles. The smallest absolute Gasteiger partial charge is 0.0393 e. The molecule has 0 fully saturated rings.